The third-order valence-electron chi connectivity index (χ3n) is 2.04. The van der Waals surface area contributed by atoms with Crippen LogP contribution in [0.4, 0.5) is 18.9 Å². The predicted molar refractivity (Wildman–Crippen MR) is 59.9 cm³/mol. The fourth-order valence-electron chi connectivity index (χ4n) is 1.24. The molecule has 0 radical (unpaired) electrons. The van der Waals surface area contributed by atoms with E-state index in [-0.39, 0.29) is 11.6 Å². The van der Waals surface area contributed by atoms with Crippen molar-refractivity contribution in [3.63, 3.8) is 0 Å². The minimum Gasteiger partial charge on any atom is -0.378 e. The second-order valence-electron chi connectivity index (χ2n) is 4.19. The lowest BCUT2D eigenvalue weighted by Crippen LogP contribution is -2.33. The van der Waals surface area contributed by atoms with Crippen molar-refractivity contribution in [2.24, 2.45) is 0 Å². The molecule has 1 rings (SSSR count). The van der Waals surface area contributed by atoms with Gasteiger partial charge in [-0.15, -0.1) is 11.6 Å². The summed E-state index contributed by atoms with van der Waals surface area (Å²) in [7, 11) is 0. The standard InChI is InChI=1S/C11H13ClF3N/c1-10(2,7-12)16-9-6-4-3-5-8(9)11(13,14)15/h3-6,16H,7H2,1-2H3. The first-order valence-electron chi connectivity index (χ1n) is 4.77. The van der Waals surface area contributed by atoms with Crippen LogP contribution in [-0.4, -0.2) is 11.4 Å². The number of anilines is 1. The summed E-state index contributed by atoms with van der Waals surface area (Å²) < 4.78 is 38.0. The predicted octanol–water partition coefficient (Wildman–Crippen LogP) is 4.13. The van der Waals surface area contributed by atoms with Crippen molar-refractivity contribution >= 4 is 17.3 Å². The minimum absolute atomic E-state index is 0.0562. The van der Waals surface area contributed by atoms with Gasteiger partial charge in [-0.3, -0.25) is 0 Å². The van der Waals surface area contributed by atoms with Crippen LogP contribution in [0.25, 0.3) is 0 Å². The molecule has 0 amide bonds. The smallest absolute Gasteiger partial charge is 0.378 e. The van der Waals surface area contributed by atoms with E-state index in [9.17, 15) is 13.2 Å². The molecule has 0 saturated carbocycles. The molecule has 0 aromatic heterocycles. The van der Waals surface area contributed by atoms with Crippen molar-refractivity contribution in [2.45, 2.75) is 25.6 Å². The van der Waals surface area contributed by atoms with Gasteiger partial charge in [0.05, 0.1) is 5.56 Å². The first-order valence-corrected chi connectivity index (χ1v) is 5.30. The number of halogens is 4. The first kappa shape index (κ1) is 13.2. The molecular formula is C11H13ClF3N. The molecule has 0 heterocycles. The van der Waals surface area contributed by atoms with Gasteiger partial charge >= 0.3 is 6.18 Å². The van der Waals surface area contributed by atoms with Crippen LogP contribution in [0.1, 0.15) is 19.4 Å². The fourth-order valence-corrected chi connectivity index (χ4v) is 1.30. The number of alkyl halides is 4. The van der Waals surface area contributed by atoms with E-state index in [1.54, 1.807) is 19.9 Å². The maximum Gasteiger partial charge on any atom is 0.418 e. The lowest BCUT2D eigenvalue weighted by Gasteiger charge is -2.26. The van der Waals surface area contributed by atoms with Crippen LogP contribution in [0, 0.1) is 0 Å². The summed E-state index contributed by atoms with van der Waals surface area (Å²) in [6, 6.07) is 5.37. The molecule has 1 nitrogen and oxygen atoms in total. The van der Waals surface area contributed by atoms with Gasteiger partial charge in [0.2, 0.25) is 0 Å². The molecule has 0 aliphatic rings. The fraction of sp³-hybridized carbons (Fsp3) is 0.455. The zero-order valence-corrected chi connectivity index (χ0v) is 9.78. The Morgan fingerprint density at radius 1 is 1.19 bits per heavy atom. The molecule has 0 atom stereocenters. The van der Waals surface area contributed by atoms with Gasteiger partial charge in [0.15, 0.2) is 0 Å². The number of hydrogen-bond donors (Lipinski definition) is 1. The second-order valence-corrected chi connectivity index (χ2v) is 4.45. The summed E-state index contributed by atoms with van der Waals surface area (Å²) in [6.07, 6.45) is -4.36. The highest BCUT2D eigenvalue weighted by Gasteiger charge is 2.34. The third-order valence-corrected chi connectivity index (χ3v) is 2.71. The molecular weight excluding hydrogens is 239 g/mol. The number of nitrogens with one attached hydrogen (secondary N) is 1. The van der Waals surface area contributed by atoms with Crippen molar-refractivity contribution in [1.29, 1.82) is 0 Å². The quantitative estimate of drug-likeness (QED) is 0.797. The van der Waals surface area contributed by atoms with Crippen LogP contribution < -0.4 is 5.32 Å². The van der Waals surface area contributed by atoms with E-state index < -0.39 is 17.3 Å². The van der Waals surface area contributed by atoms with Crippen LogP contribution in [0.2, 0.25) is 0 Å². The van der Waals surface area contributed by atoms with Crippen LogP contribution in [0.5, 0.6) is 0 Å². The lowest BCUT2D eigenvalue weighted by molar-refractivity contribution is -0.137. The molecule has 0 spiro atoms. The van der Waals surface area contributed by atoms with Gasteiger partial charge in [-0.05, 0) is 26.0 Å². The Morgan fingerprint density at radius 2 is 1.75 bits per heavy atom. The highest BCUT2D eigenvalue weighted by Crippen LogP contribution is 2.35. The minimum atomic E-state index is -4.36. The van der Waals surface area contributed by atoms with E-state index >= 15 is 0 Å². The first-order chi connectivity index (χ1) is 7.26. The summed E-state index contributed by atoms with van der Waals surface area (Å²) in [4.78, 5) is 0. The summed E-state index contributed by atoms with van der Waals surface area (Å²) in [5.41, 5.74) is -1.20. The Morgan fingerprint density at radius 3 is 2.25 bits per heavy atom. The van der Waals surface area contributed by atoms with Gasteiger partial charge in [-0.25, -0.2) is 0 Å². The molecule has 5 heteroatoms. The average Bonchev–Trinajstić information content (AvgIpc) is 2.16. The van der Waals surface area contributed by atoms with Crippen LogP contribution >= 0.6 is 11.6 Å². The van der Waals surface area contributed by atoms with Crippen LogP contribution in [0.3, 0.4) is 0 Å². The van der Waals surface area contributed by atoms with E-state index in [0.29, 0.717) is 0 Å². The zero-order chi connectivity index (χ0) is 12.4. The van der Waals surface area contributed by atoms with Gasteiger partial charge in [0.1, 0.15) is 0 Å². The van der Waals surface area contributed by atoms with Gasteiger partial charge in [-0.1, -0.05) is 12.1 Å². The maximum absolute atomic E-state index is 12.7. The van der Waals surface area contributed by atoms with Gasteiger partial charge in [-0.2, -0.15) is 13.2 Å². The van der Waals surface area contributed by atoms with Crippen molar-refractivity contribution in [3.05, 3.63) is 29.8 Å². The van der Waals surface area contributed by atoms with E-state index in [2.05, 4.69) is 5.32 Å². The number of rotatable bonds is 3. The molecule has 16 heavy (non-hydrogen) atoms. The van der Waals surface area contributed by atoms with Crippen molar-refractivity contribution in [3.8, 4) is 0 Å². The largest absolute Gasteiger partial charge is 0.418 e. The van der Waals surface area contributed by atoms with Crippen molar-refractivity contribution in [1.82, 2.24) is 0 Å². The zero-order valence-electron chi connectivity index (χ0n) is 9.03. The SMILES string of the molecule is CC(C)(CCl)Nc1ccccc1C(F)(F)F. The number of benzene rings is 1. The van der Waals surface area contributed by atoms with Crippen molar-refractivity contribution < 1.29 is 13.2 Å². The van der Waals surface area contributed by atoms with E-state index in [0.717, 1.165) is 6.07 Å². The molecule has 1 aromatic rings. The Hall–Kier alpha value is -0.900. The van der Waals surface area contributed by atoms with Crippen molar-refractivity contribution in [2.75, 3.05) is 11.2 Å². The Balaban J connectivity index is 3.06. The molecule has 0 bridgehead atoms. The maximum atomic E-state index is 12.7. The summed E-state index contributed by atoms with van der Waals surface area (Å²) >= 11 is 5.67. The van der Waals surface area contributed by atoms with Crippen LogP contribution in [-0.2, 0) is 6.18 Å². The normalized spacial score (nSPS) is 12.6. The molecule has 0 aliphatic heterocycles. The van der Waals surface area contributed by atoms with Gasteiger partial charge in [0.25, 0.3) is 0 Å². The third kappa shape index (κ3) is 3.30. The summed E-state index contributed by atoms with van der Waals surface area (Å²) in [6.45, 7) is 3.49. The van der Waals surface area contributed by atoms with Crippen LogP contribution in [0.15, 0.2) is 24.3 Å². The Labute approximate surface area is 97.6 Å². The number of hydrogen-bond acceptors (Lipinski definition) is 1. The topological polar surface area (TPSA) is 12.0 Å². The van der Waals surface area contributed by atoms with E-state index in [1.807, 2.05) is 0 Å². The second kappa shape index (κ2) is 4.53. The molecule has 0 saturated heterocycles. The lowest BCUT2D eigenvalue weighted by atomic mass is 10.1. The van der Waals surface area contributed by atoms with Gasteiger partial charge < -0.3 is 5.32 Å². The summed E-state index contributed by atoms with van der Waals surface area (Å²) in [5, 5.41) is 2.79. The highest BCUT2D eigenvalue weighted by molar-refractivity contribution is 6.18. The molecule has 1 N–H and O–H groups in total. The van der Waals surface area contributed by atoms with Gasteiger partial charge in [0, 0.05) is 17.1 Å². The Bertz CT molecular complexity index is 360. The molecule has 90 valence electrons. The molecule has 0 fully saturated rings. The average molecular weight is 252 g/mol. The summed E-state index contributed by atoms with van der Waals surface area (Å²) in [5.74, 6) is 0.221. The number of para-hydroxylation sites is 1. The molecule has 1 aromatic carbocycles. The highest BCUT2D eigenvalue weighted by atomic mass is 35.5. The Kier molecular flexibility index (Phi) is 3.73. The molecule has 0 unspecified atom stereocenters. The van der Waals surface area contributed by atoms with E-state index in [4.69, 9.17) is 11.6 Å². The molecule has 0 aliphatic carbocycles. The van der Waals surface area contributed by atoms with E-state index in [1.165, 1.54) is 12.1 Å². The monoisotopic (exact) mass is 251 g/mol.